The highest BCUT2D eigenvalue weighted by Gasteiger charge is 2.12. The Morgan fingerprint density at radius 1 is 1.20 bits per heavy atom. The predicted molar refractivity (Wildman–Crippen MR) is 81.2 cm³/mol. The Kier molecular flexibility index (Phi) is 4.38. The smallest absolute Gasteiger partial charge is 0.163 e. The molecule has 106 valence electrons. The summed E-state index contributed by atoms with van der Waals surface area (Å²) in [6.45, 7) is 6.17. The van der Waals surface area contributed by atoms with Crippen molar-refractivity contribution in [3.63, 3.8) is 0 Å². The molecule has 0 amide bonds. The average Bonchev–Trinajstić information content (AvgIpc) is 2.70. The van der Waals surface area contributed by atoms with E-state index in [9.17, 15) is 4.79 Å². The Bertz CT molecular complexity index is 609. The second-order valence-electron chi connectivity index (χ2n) is 5.25. The zero-order valence-electron chi connectivity index (χ0n) is 12.7. The predicted octanol–water partition coefficient (Wildman–Crippen LogP) is 3.41. The highest BCUT2D eigenvalue weighted by molar-refractivity contribution is 5.96. The number of benzene rings is 1. The average molecular weight is 270 g/mol. The molecule has 0 saturated heterocycles. The molecule has 1 aromatic heterocycles. The van der Waals surface area contributed by atoms with E-state index in [4.69, 9.17) is 0 Å². The first kappa shape index (κ1) is 14.5. The van der Waals surface area contributed by atoms with Gasteiger partial charge in [-0.1, -0.05) is 31.2 Å². The summed E-state index contributed by atoms with van der Waals surface area (Å²) in [7, 11) is 1.94. The highest BCUT2D eigenvalue weighted by Crippen LogP contribution is 2.16. The molecule has 0 fully saturated rings. The number of aryl methyl sites for hydroxylation is 3. The molecular formula is C17H22N2O. The standard InChI is InChI=1S/C17H22N2O/c1-5-14-6-8-15(9-7-14)17(20)11-10-16-12(2)18-19(4)13(16)3/h6-9H,5,10-11H2,1-4H3. The lowest BCUT2D eigenvalue weighted by molar-refractivity contribution is 0.0983. The van der Waals surface area contributed by atoms with Gasteiger partial charge < -0.3 is 0 Å². The molecule has 0 saturated carbocycles. The summed E-state index contributed by atoms with van der Waals surface area (Å²) in [5, 5.41) is 4.39. The van der Waals surface area contributed by atoms with E-state index in [0.717, 1.165) is 29.8 Å². The van der Waals surface area contributed by atoms with Gasteiger partial charge in [0.1, 0.15) is 0 Å². The lowest BCUT2D eigenvalue weighted by atomic mass is 10.0. The molecule has 0 aliphatic heterocycles. The van der Waals surface area contributed by atoms with E-state index in [2.05, 4.69) is 18.9 Å². The summed E-state index contributed by atoms with van der Waals surface area (Å²) < 4.78 is 1.88. The van der Waals surface area contributed by atoms with Crippen LogP contribution < -0.4 is 0 Å². The number of carbonyl (C=O) groups excluding carboxylic acids is 1. The Labute approximate surface area is 120 Å². The summed E-state index contributed by atoms with van der Waals surface area (Å²) in [4.78, 5) is 12.2. The van der Waals surface area contributed by atoms with E-state index in [0.29, 0.717) is 6.42 Å². The van der Waals surface area contributed by atoms with Crippen molar-refractivity contribution in [2.45, 2.75) is 40.0 Å². The first-order valence-corrected chi connectivity index (χ1v) is 7.14. The molecule has 2 rings (SSSR count). The van der Waals surface area contributed by atoms with Crippen LogP contribution in [0.3, 0.4) is 0 Å². The van der Waals surface area contributed by atoms with Gasteiger partial charge in [0.2, 0.25) is 0 Å². The topological polar surface area (TPSA) is 34.9 Å². The van der Waals surface area contributed by atoms with Crippen molar-refractivity contribution in [2.24, 2.45) is 7.05 Å². The first-order valence-electron chi connectivity index (χ1n) is 7.14. The van der Waals surface area contributed by atoms with Crippen LogP contribution in [0.15, 0.2) is 24.3 Å². The molecule has 3 nitrogen and oxygen atoms in total. The summed E-state index contributed by atoms with van der Waals surface area (Å²) in [6, 6.07) is 7.94. The zero-order chi connectivity index (χ0) is 14.7. The monoisotopic (exact) mass is 270 g/mol. The fraction of sp³-hybridized carbons (Fsp3) is 0.412. The fourth-order valence-corrected chi connectivity index (χ4v) is 2.49. The number of nitrogens with zero attached hydrogens (tertiary/aromatic N) is 2. The number of ketones is 1. The number of hydrogen-bond acceptors (Lipinski definition) is 2. The second-order valence-corrected chi connectivity index (χ2v) is 5.25. The van der Waals surface area contributed by atoms with Gasteiger partial charge >= 0.3 is 0 Å². The molecule has 0 spiro atoms. The van der Waals surface area contributed by atoms with Crippen LogP contribution >= 0.6 is 0 Å². The van der Waals surface area contributed by atoms with Crippen molar-refractivity contribution in [3.8, 4) is 0 Å². The number of hydrogen-bond donors (Lipinski definition) is 0. The van der Waals surface area contributed by atoms with E-state index >= 15 is 0 Å². The molecule has 2 aromatic rings. The number of aromatic nitrogens is 2. The lowest BCUT2D eigenvalue weighted by Gasteiger charge is -2.04. The largest absolute Gasteiger partial charge is 0.294 e. The van der Waals surface area contributed by atoms with Gasteiger partial charge in [-0.15, -0.1) is 0 Å². The van der Waals surface area contributed by atoms with Gasteiger partial charge in [-0.3, -0.25) is 9.48 Å². The third-order valence-corrected chi connectivity index (χ3v) is 3.95. The summed E-state index contributed by atoms with van der Waals surface area (Å²) in [5.41, 5.74) is 5.45. The Hall–Kier alpha value is -1.90. The molecule has 3 heteroatoms. The quantitative estimate of drug-likeness (QED) is 0.780. The lowest BCUT2D eigenvalue weighted by Crippen LogP contribution is -2.03. The normalized spacial score (nSPS) is 10.8. The zero-order valence-corrected chi connectivity index (χ0v) is 12.7. The Balaban J connectivity index is 2.04. The second kappa shape index (κ2) is 6.04. The van der Waals surface area contributed by atoms with Crippen LogP contribution in [0.1, 0.15) is 46.2 Å². The molecule has 0 aliphatic carbocycles. The van der Waals surface area contributed by atoms with Crippen molar-refractivity contribution in [1.82, 2.24) is 9.78 Å². The van der Waals surface area contributed by atoms with Crippen molar-refractivity contribution in [3.05, 3.63) is 52.3 Å². The third-order valence-electron chi connectivity index (χ3n) is 3.95. The van der Waals surface area contributed by atoms with Gasteiger partial charge in [-0.05, 0) is 37.8 Å². The summed E-state index contributed by atoms with van der Waals surface area (Å²) >= 11 is 0. The maximum absolute atomic E-state index is 12.2. The van der Waals surface area contributed by atoms with Crippen LogP contribution in [0.5, 0.6) is 0 Å². The van der Waals surface area contributed by atoms with Gasteiger partial charge in [0, 0.05) is 24.7 Å². The maximum atomic E-state index is 12.2. The van der Waals surface area contributed by atoms with Gasteiger partial charge in [-0.2, -0.15) is 5.10 Å². The number of carbonyl (C=O) groups is 1. The highest BCUT2D eigenvalue weighted by atomic mass is 16.1. The minimum Gasteiger partial charge on any atom is -0.294 e. The van der Waals surface area contributed by atoms with Crippen LogP contribution in [-0.4, -0.2) is 15.6 Å². The molecule has 0 aliphatic rings. The molecule has 0 unspecified atom stereocenters. The molecule has 20 heavy (non-hydrogen) atoms. The third kappa shape index (κ3) is 2.98. The van der Waals surface area contributed by atoms with Crippen LogP contribution in [0, 0.1) is 13.8 Å². The van der Waals surface area contributed by atoms with Crippen molar-refractivity contribution < 1.29 is 4.79 Å². The molecule has 0 N–H and O–H groups in total. The van der Waals surface area contributed by atoms with Gasteiger partial charge in [0.25, 0.3) is 0 Å². The van der Waals surface area contributed by atoms with Crippen LogP contribution in [0.25, 0.3) is 0 Å². The molecular weight excluding hydrogens is 248 g/mol. The van der Waals surface area contributed by atoms with E-state index in [1.54, 1.807) is 0 Å². The van der Waals surface area contributed by atoms with E-state index in [1.165, 1.54) is 11.1 Å². The fourth-order valence-electron chi connectivity index (χ4n) is 2.49. The Morgan fingerprint density at radius 2 is 1.85 bits per heavy atom. The SMILES string of the molecule is CCc1ccc(C(=O)CCc2c(C)nn(C)c2C)cc1. The van der Waals surface area contributed by atoms with E-state index in [-0.39, 0.29) is 5.78 Å². The minimum atomic E-state index is 0.204. The summed E-state index contributed by atoms with van der Waals surface area (Å²) in [5.74, 6) is 0.204. The van der Waals surface area contributed by atoms with Crippen LogP contribution in [0.4, 0.5) is 0 Å². The van der Waals surface area contributed by atoms with Crippen molar-refractivity contribution >= 4 is 5.78 Å². The van der Waals surface area contributed by atoms with Gasteiger partial charge in [0.15, 0.2) is 5.78 Å². The molecule has 0 radical (unpaired) electrons. The van der Waals surface area contributed by atoms with Crippen molar-refractivity contribution in [1.29, 1.82) is 0 Å². The number of rotatable bonds is 5. The van der Waals surface area contributed by atoms with Crippen LogP contribution in [-0.2, 0) is 19.9 Å². The van der Waals surface area contributed by atoms with E-state index < -0.39 is 0 Å². The minimum absolute atomic E-state index is 0.204. The maximum Gasteiger partial charge on any atom is 0.163 e. The van der Waals surface area contributed by atoms with Gasteiger partial charge in [-0.25, -0.2) is 0 Å². The summed E-state index contributed by atoms with van der Waals surface area (Å²) in [6.07, 6.45) is 2.31. The van der Waals surface area contributed by atoms with Crippen LogP contribution in [0.2, 0.25) is 0 Å². The van der Waals surface area contributed by atoms with Crippen molar-refractivity contribution in [2.75, 3.05) is 0 Å². The van der Waals surface area contributed by atoms with Gasteiger partial charge in [0.05, 0.1) is 5.69 Å². The van der Waals surface area contributed by atoms with E-state index in [1.807, 2.05) is 42.9 Å². The molecule has 1 heterocycles. The molecule has 1 aromatic carbocycles. The molecule has 0 atom stereocenters. The first-order chi connectivity index (χ1) is 9.52. The molecule has 0 bridgehead atoms. The Morgan fingerprint density at radius 3 is 2.35 bits per heavy atom. The number of Topliss-reactive ketones (excluding diaryl/α,β-unsaturated/α-hetero) is 1.